The number of rotatable bonds is 3. The minimum absolute atomic E-state index is 0.350. The van der Waals surface area contributed by atoms with Crippen LogP contribution in [0.25, 0.3) is 0 Å². The fourth-order valence-electron chi connectivity index (χ4n) is 3.72. The fourth-order valence-corrected chi connectivity index (χ4v) is 3.72. The molecule has 1 N–H and O–H groups in total. The monoisotopic (exact) mass is 405 g/mol. The maximum absolute atomic E-state index is 13.1. The normalized spacial score (nSPS) is 28.0. The van der Waals surface area contributed by atoms with Crippen LogP contribution in [0.1, 0.15) is 66.4 Å². The summed E-state index contributed by atoms with van der Waals surface area (Å²) in [5, 5.41) is 11.0. The van der Waals surface area contributed by atoms with E-state index in [0.717, 1.165) is 0 Å². The van der Waals surface area contributed by atoms with Gasteiger partial charge in [0.05, 0.1) is 11.5 Å². The number of pyridine rings is 1. The second-order valence-corrected chi connectivity index (χ2v) is 9.83. The molecule has 0 unspecified atom stereocenters. The van der Waals surface area contributed by atoms with Gasteiger partial charge in [-0.05, 0) is 60.1 Å². The van der Waals surface area contributed by atoms with Gasteiger partial charge in [-0.3, -0.25) is 19.4 Å². The van der Waals surface area contributed by atoms with Gasteiger partial charge in [0.2, 0.25) is 0 Å². The van der Waals surface area contributed by atoms with E-state index < -0.39 is 52.3 Å². The molecule has 4 atom stereocenters. The van der Waals surface area contributed by atoms with Crippen molar-refractivity contribution in [3.05, 3.63) is 30.1 Å². The maximum atomic E-state index is 13.1. The third-order valence-electron chi connectivity index (χ3n) is 4.66. The van der Waals surface area contributed by atoms with E-state index in [1.54, 1.807) is 59.9 Å². The summed E-state index contributed by atoms with van der Waals surface area (Å²) >= 11 is 0. The third-order valence-corrected chi connectivity index (χ3v) is 4.66. The van der Waals surface area contributed by atoms with Crippen LogP contribution in [0.3, 0.4) is 0 Å². The van der Waals surface area contributed by atoms with E-state index >= 15 is 0 Å². The Hall–Kier alpha value is -2.28. The number of hydrogen-bond donors (Lipinski definition) is 1. The predicted molar refractivity (Wildman–Crippen MR) is 106 cm³/mol. The van der Waals surface area contributed by atoms with E-state index in [0.29, 0.717) is 5.56 Å². The topological polar surface area (TPSA) is 103 Å². The molecule has 160 valence electrons. The van der Waals surface area contributed by atoms with E-state index in [-0.39, 0.29) is 6.42 Å². The molecule has 7 nitrogen and oxygen atoms in total. The molecule has 1 aliphatic rings. The zero-order valence-electron chi connectivity index (χ0n) is 18.2. The number of nitrogens with zero attached hydrogens (tertiary/aromatic N) is 1. The zero-order chi connectivity index (χ0) is 22.2. The van der Waals surface area contributed by atoms with Gasteiger partial charge >= 0.3 is 11.9 Å². The predicted octanol–water partition coefficient (Wildman–Crippen LogP) is 2.80. The molecule has 1 fully saturated rings. The van der Waals surface area contributed by atoms with Crippen LogP contribution in [0, 0.1) is 11.8 Å². The Morgan fingerprint density at radius 1 is 1.10 bits per heavy atom. The number of carbonyl (C=O) groups is 3. The standard InChI is InChI=1S/C22H31NO6/c1-20(2,3)28-18(25)16-14(24)11-22(7,27)17(19(26)29-21(4,5)6)15(16)13-9-8-10-23-12-13/h8-10,12,15-17,27H,11H2,1-7H3/t15-,16+,17+,22+/m0/s1. The highest BCUT2D eigenvalue weighted by Crippen LogP contribution is 2.47. The van der Waals surface area contributed by atoms with Gasteiger partial charge < -0.3 is 14.6 Å². The molecule has 0 aromatic carbocycles. The summed E-state index contributed by atoms with van der Waals surface area (Å²) in [5.74, 6) is -5.20. The van der Waals surface area contributed by atoms with Crippen molar-refractivity contribution in [1.29, 1.82) is 0 Å². The van der Waals surface area contributed by atoms with Crippen molar-refractivity contribution in [3.63, 3.8) is 0 Å². The molecular weight excluding hydrogens is 374 g/mol. The Bertz CT molecular complexity index is 773. The van der Waals surface area contributed by atoms with E-state index in [2.05, 4.69) is 4.98 Å². The van der Waals surface area contributed by atoms with Gasteiger partial charge in [-0.15, -0.1) is 0 Å². The van der Waals surface area contributed by atoms with Crippen LogP contribution in [-0.2, 0) is 23.9 Å². The Morgan fingerprint density at radius 2 is 1.66 bits per heavy atom. The number of aromatic nitrogens is 1. The number of Topliss-reactive ketones (excluding diaryl/α,β-unsaturated/α-hetero) is 1. The van der Waals surface area contributed by atoms with Gasteiger partial charge in [0, 0.05) is 24.7 Å². The van der Waals surface area contributed by atoms with Crippen LogP contribution in [0.15, 0.2) is 24.5 Å². The zero-order valence-corrected chi connectivity index (χ0v) is 18.2. The first-order valence-corrected chi connectivity index (χ1v) is 9.73. The molecule has 0 spiro atoms. The first-order chi connectivity index (χ1) is 13.1. The number of aliphatic hydroxyl groups is 1. The summed E-state index contributed by atoms with van der Waals surface area (Å²) in [7, 11) is 0. The molecule has 29 heavy (non-hydrogen) atoms. The highest BCUT2D eigenvalue weighted by atomic mass is 16.6. The summed E-state index contributed by atoms with van der Waals surface area (Å²) < 4.78 is 11.0. The van der Waals surface area contributed by atoms with Crippen molar-refractivity contribution < 1.29 is 29.0 Å². The minimum Gasteiger partial charge on any atom is -0.460 e. The quantitative estimate of drug-likeness (QED) is 0.609. The second kappa shape index (κ2) is 7.86. The van der Waals surface area contributed by atoms with Crippen LogP contribution >= 0.6 is 0 Å². The largest absolute Gasteiger partial charge is 0.460 e. The lowest BCUT2D eigenvalue weighted by molar-refractivity contribution is -0.182. The highest BCUT2D eigenvalue weighted by Gasteiger charge is 2.57. The first-order valence-electron chi connectivity index (χ1n) is 9.73. The van der Waals surface area contributed by atoms with Crippen molar-refractivity contribution in [1.82, 2.24) is 4.98 Å². The van der Waals surface area contributed by atoms with E-state index in [1.807, 2.05) is 0 Å². The highest BCUT2D eigenvalue weighted by molar-refractivity contribution is 6.03. The van der Waals surface area contributed by atoms with E-state index in [9.17, 15) is 19.5 Å². The van der Waals surface area contributed by atoms with Gasteiger partial charge in [-0.1, -0.05) is 6.07 Å². The Balaban J connectivity index is 2.59. The van der Waals surface area contributed by atoms with Gasteiger partial charge in [0.1, 0.15) is 17.1 Å². The van der Waals surface area contributed by atoms with Crippen LogP contribution in [-0.4, -0.2) is 44.6 Å². The lowest BCUT2D eigenvalue weighted by Gasteiger charge is -2.44. The van der Waals surface area contributed by atoms with Crippen LogP contribution in [0.5, 0.6) is 0 Å². The SMILES string of the molecule is CC(C)(C)OC(=O)[C@@H]1C(=O)C[C@@](C)(O)[C@@H](C(=O)OC(C)(C)C)[C@H]1c1cccnc1. The van der Waals surface area contributed by atoms with Crippen molar-refractivity contribution >= 4 is 17.7 Å². The number of carbonyl (C=O) groups excluding carboxylic acids is 3. The maximum Gasteiger partial charge on any atom is 0.317 e. The Morgan fingerprint density at radius 3 is 2.14 bits per heavy atom. The first kappa shape index (κ1) is 23.0. The minimum atomic E-state index is -1.68. The van der Waals surface area contributed by atoms with Gasteiger partial charge in [0.15, 0.2) is 5.78 Å². The summed E-state index contributed by atoms with van der Waals surface area (Å²) in [4.78, 5) is 43.1. The van der Waals surface area contributed by atoms with Crippen molar-refractivity contribution in [2.24, 2.45) is 11.8 Å². The molecule has 1 aliphatic carbocycles. The second-order valence-electron chi connectivity index (χ2n) is 9.83. The smallest absolute Gasteiger partial charge is 0.317 e. The molecule has 0 aliphatic heterocycles. The Kier molecular flexibility index (Phi) is 6.23. The van der Waals surface area contributed by atoms with Crippen LogP contribution < -0.4 is 0 Å². The average molecular weight is 405 g/mol. The van der Waals surface area contributed by atoms with Crippen molar-refractivity contribution in [3.8, 4) is 0 Å². The molecule has 0 bridgehead atoms. The molecule has 1 heterocycles. The summed E-state index contributed by atoms with van der Waals surface area (Å²) in [6, 6.07) is 3.34. The molecule has 1 aromatic rings. The van der Waals surface area contributed by atoms with Crippen LogP contribution in [0.2, 0.25) is 0 Å². The average Bonchev–Trinajstić information content (AvgIpc) is 2.50. The molecule has 1 aromatic heterocycles. The lowest BCUT2D eigenvalue weighted by atomic mass is 9.62. The number of ether oxygens (including phenoxy) is 2. The molecule has 0 saturated heterocycles. The molecular formula is C22H31NO6. The van der Waals surface area contributed by atoms with E-state index in [1.165, 1.54) is 13.1 Å². The summed E-state index contributed by atoms with van der Waals surface area (Å²) in [6.45, 7) is 11.7. The molecule has 1 saturated carbocycles. The van der Waals surface area contributed by atoms with Crippen molar-refractivity contribution in [2.75, 3.05) is 0 Å². The Labute approximate surface area is 171 Å². The van der Waals surface area contributed by atoms with Crippen molar-refractivity contribution in [2.45, 2.75) is 77.6 Å². The van der Waals surface area contributed by atoms with Gasteiger partial charge in [0.25, 0.3) is 0 Å². The van der Waals surface area contributed by atoms with E-state index in [4.69, 9.17) is 9.47 Å². The summed E-state index contributed by atoms with van der Waals surface area (Å²) in [5.41, 5.74) is -2.79. The molecule has 0 radical (unpaired) electrons. The number of esters is 2. The summed E-state index contributed by atoms with van der Waals surface area (Å²) in [6.07, 6.45) is 2.70. The number of hydrogen-bond acceptors (Lipinski definition) is 7. The molecule has 7 heteroatoms. The third kappa shape index (κ3) is 5.63. The fraction of sp³-hybridized carbons (Fsp3) is 0.636. The van der Waals surface area contributed by atoms with Gasteiger partial charge in [-0.2, -0.15) is 0 Å². The van der Waals surface area contributed by atoms with Gasteiger partial charge in [-0.25, -0.2) is 0 Å². The lowest BCUT2D eigenvalue weighted by Crippen LogP contribution is -2.56. The molecule has 0 amide bonds. The van der Waals surface area contributed by atoms with Crippen LogP contribution in [0.4, 0.5) is 0 Å². The number of ketones is 1. The molecule has 2 rings (SSSR count).